The maximum atomic E-state index is 12.5. The van der Waals surface area contributed by atoms with Crippen molar-refractivity contribution in [1.82, 2.24) is 9.80 Å². The highest BCUT2D eigenvalue weighted by atomic mass is 35.5. The van der Waals surface area contributed by atoms with Gasteiger partial charge in [0.15, 0.2) is 0 Å². The molecule has 162 valence electrons. The van der Waals surface area contributed by atoms with Crippen molar-refractivity contribution in [2.75, 3.05) is 13.1 Å². The second-order valence-corrected chi connectivity index (χ2v) is 9.65. The van der Waals surface area contributed by atoms with Crippen molar-refractivity contribution in [2.24, 2.45) is 23.7 Å². The average Bonchev–Trinajstić information content (AvgIpc) is 3.09. The Morgan fingerprint density at radius 2 is 1.00 bits per heavy atom. The van der Waals surface area contributed by atoms with Gasteiger partial charge in [0.2, 0.25) is 23.6 Å². The molecular weight excluding hydrogens is 427 g/mol. The first-order chi connectivity index (χ1) is 14.4. The number of hydrogen-bond donors (Lipinski definition) is 0. The lowest BCUT2D eigenvalue weighted by Crippen LogP contribution is -2.32. The van der Waals surface area contributed by atoms with Crippen molar-refractivity contribution in [3.05, 3.63) is 22.2 Å². The van der Waals surface area contributed by atoms with Crippen LogP contribution in [-0.4, -0.2) is 46.5 Å². The smallest absolute Gasteiger partial charge is 0.233 e. The van der Waals surface area contributed by atoms with Crippen LogP contribution in [0.4, 0.5) is 0 Å². The van der Waals surface area contributed by atoms with E-state index >= 15 is 0 Å². The van der Waals surface area contributed by atoms with Gasteiger partial charge >= 0.3 is 0 Å². The van der Waals surface area contributed by atoms with E-state index in [-0.39, 0.29) is 47.3 Å². The number of rotatable bonds is 7. The molecule has 2 aliphatic carbocycles. The molecule has 8 heteroatoms. The van der Waals surface area contributed by atoms with Gasteiger partial charge in [0, 0.05) is 23.2 Å². The van der Waals surface area contributed by atoms with Gasteiger partial charge in [-0.3, -0.25) is 29.0 Å². The maximum Gasteiger partial charge on any atom is 0.233 e. The second-order valence-electron chi connectivity index (χ2n) is 8.68. The van der Waals surface area contributed by atoms with Crippen LogP contribution in [0.1, 0.15) is 51.4 Å². The number of fused-ring (bicyclic) bond motifs is 2. The summed E-state index contributed by atoms with van der Waals surface area (Å²) in [5.74, 6) is -1.44. The first-order valence-electron chi connectivity index (χ1n) is 10.8. The first kappa shape index (κ1) is 21.6. The molecule has 2 heterocycles. The van der Waals surface area contributed by atoms with E-state index in [1.807, 2.05) is 12.2 Å². The third-order valence-corrected chi connectivity index (χ3v) is 7.45. The molecule has 0 bridgehead atoms. The molecule has 4 aliphatic rings. The maximum absolute atomic E-state index is 12.5. The third-order valence-electron chi connectivity index (χ3n) is 6.83. The van der Waals surface area contributed by atoms with E-state index in [1.165, 1.54) is 9.80 Å². The molecule has 0 radical (unpaired) electrons. The zero-order valence-corrected chi connectivity index (χ0v) is 18.3. The molecule has 4 rings (SSSR count). The van der Waals surface area contributed by atoms with Gasteiger partial charge in [0.25, 0.3) is 0 Å². The van der Waals surface area contributed by atoms with Crippen molar-refractivity contribution < 1.29 is 19.2 Å². The summed E-state index contributed by atoms with van der Waals surface area (Å²) in [4.78, 5) is 52.9. The van der Waals surface area contributed by atoms with Crippen LogP contribution >= 0.6 is 23.2 Å². The molecular formula is C22H26Cl2N2O4. The standard InChI is InChI=1S/C22H26Cl2N2O4/c23-13-5-7-15-17(11-13)21(29)25(19(15)27)9-3-1-2-4-10-26-20(28)16-8-6-14(24)12-18(16)22(26)30/h5-6,15-18H,1-4,7-12H2/t15-,16-,17+,18+/m1/s1. The van der Waals surface area contributed by atoms with Gasteiger partial charge in [-0.05, 0) is 38.5 Å². The molecule has 6 nitrogen and oxygen atoms in total. The van der Waals surface area contributed by atoms with E-state index in [0.717, 1.165) is 25.7 Å². The average molecular weight is 453 g/mol. The van der Waals surface area contributed by atoms with E-state index in [1.54, 1.807) is 0 Å². The van der Waals surface area contributed by atoms with Gasteiger partial charge in [0.1, 0.15) is 0 Å². The quantitative estimate of drug-likeness (QED) is 0.436. The minimum Gasteiger partial charge on any atom is -0.282 e. The van der Waals surface area contributed by atoms with Gasteiger partial charge in [0.05, 0.1) is 23.7 Å². The van der Waals surface area contributed by atoms with E-state index in [0.29, 0.717) is 48.8 Å². The van der Waals surface area contributed by atoms with Crippen LogP contribution < -0.4 is 0 Å². The molecule has 0 spiro atoms. The molecule has 0 N–H and O–H groups in total. The number of hydrogen-bond acceptors (Lipinski definition) is 4. The fourth-order valence-corrected chi connectivity index (χ4v) is 5.64. The van der Waals surface area contributed by atoms with Crippen LogP contribution in [0.3, 0.4) is 0 Å². The van der Waals surface area contributed by atoms with Gasteiger partial charge in [-0.25, -0.2) is 0 Å². The van der Waals surface area contributed by atoms with Crippen LogP contribution in [0.2, 0.25) is 0 Å². The number of imide groups is 2. The molecule has 4 amide bonds. The summed E-state index contributed by atoms with van der Waals surface area (Å²) in [6, 6.07) is 0. The van der Waals surface area contributed by atoms with E-state index in [4.69, 9.17) is 23.2 Å². The Hall–Kier alpha value is -1.66. The summed E-state index contributed by atoms with van der Waals surface area (Å²) < 4.78 is 0. The monoisotopic (exact) mass is 452 g/mol. The second kappa shape index (κ2) is 8.83. The number of allylic oxidation sites excluding steroid dienone is 4. The molecule has 2 fully saturated rings. The lowest BCUT2D eigenvalue weighted by Gasteiger charge is -2.17. The Morgan fingerprint density at radius 1 is 0.633 bits per heavy atom. The van der Waals surface area contributed by atoms with Crippen LogP contribution in [0.15, 0.2) is 22.2 Å². The summed E-state index contributed by atoms with van der Waals surface area (Å²) in [7, 11) is 0. The number of carbonyl (C=O) groups excluding carboxylic acids is 4. The van der Waals surface area contributed by atoms with Gasteiger partial charge in [-0.2, -0.15) is 0 Å². The predicted molar refractivity (Wildman–Crippen MR) is 112 cm³/mol. The fourth-order valence-electron chi connectivity index (χ4n) is 5.13. The minimum absolute atomic E-state index is 0.0754. The zero-order valence-electron chi connectivity index (χ0n) is 16.8. The Labute approximate surface area is 186 Å². The first-order valence-corrected chi connectivity index (χ1v) is 11.5. The lowest BCUT2D eigenvalue weighted by molar-refractivity contribution is -0.141. The number of carbonyl (C=O) groups is 4. The largest absolute Gasteiger partial charge is 0.282 e. The molecule has 0 aromatic heterocycles. The fraction of sp³-hybridized carbons (Fsp3) is 0.636. The summed E-state index contributed by atoms with van der Waals surface area (Å²) in [5, 5.41) is 1.34. The highest BCUT2D eigenvalue weighted by Crippen LogP contribution is 2.40. The summed E-state index contributed by atoms with van der Waals surface area (Å²) in [6.45, 7) is 0.857. The summed E-state index contributed by atoms with van der Waals surface area (Å²) in [6.07, 6.45) is 8.84. The number of nitrogens with zero attached hydrogens (tertiary/aromatic N) is 2. The predicted octanol–water partition coefficient (Wildman–Crippen LogP) is 3.58. The zero-order chi connectivity index (χ0) is 21.4. The number of halogens is 2. The van der Waals surface area contributed by atoms with Gasteiger partial charge < -0.3 is 0 Å². The van der Waals surface area contributed by atoms with E-state index < -0.39 is 0 Å². The van der Waals surface area contributed by atoms with Crippen LogP contribution in [0, 0.1) is 23.7 Å². The number of unbranched alkanes of at least 4 members (excludes halogenated alkanes) is 3. The van der Waals surface area contributed by atoms with Crippen molar-refractivity contribution >= 4 is 46.8 Å². The van der Waals surface area contributed by atoms with Gasteiger partial charge in [-0.1, -0.05) is 48.2 Å². The highest BCUT2D eigenvalue weighted by molar-refractivity contribution is 6.30. The Morgan fingerprint density at radius 3 is 1.40 bits per heavy atom. The summed E-state index contributed by atoms with van der Waals surface area (Å²) >= 11 is 12.1. The Bertz CT molecular complexity index is 769. The third kappa shape index (κ3) is 3.96. The molecule has 2 aliphatic heterocycles. The van der Waals surface area contributed by atoms with Crippen molar-refractivity contribution in [1.29, 1.82) is 0 Å². The van der Waals surface area contributed by atoms with Crippen molar-refractivity contribution in [2.45, 2.75) is 51.4 Å². The van der Waals surface area contributed by atoms with E-state index in [2.05, 4.69) is 0 Å². The van der Waals surface area contributed by atoms with Crippen molar-refractivity contribution in [3.63, 3.8) is 0 Å². The minimum atomic E-state index is -0.297. The molecule has 0 unspecified atom stereocenters. The van der Waals surface area contributed by atoms with Crippen LogP contribution in [0.25, 0.3) is 0 Å². The number of likely N-dealkylation sites (tertiary alicyclic amines) is 2. The molecule has 30 heavy (non-hydrogen) atoms. The normalized spacial score (nSPS) is 31.1. The SMILES string of the molecule is O=C1[C@H]2CC(Cl)=CC[C@H]2C(=O)N1CCCCCCN1C(=O)[C@H]2CC(Cl)=CC[C@H]2C1=O. The van der Waals surface area contributed by atoms with Crippen LogP contribution in [0.5, 0.6) is 0 Å². The summed E-state index contributed by atoms with van der Waals surface area (Å²) in [5.41, 5.74) is 0. The number of amides is 4. The Balaban J connectivity index is 1.18. The van der Waals surface area contributed by atoms with Crippen LogP contribution in [-0.2, 0) is 19.2 Å². The molecule has 2 saturated heterocycles. The lowest BCUT2D eigenvalue weighted by atomic mass is 9.85. The Kier molecular flexibility index (Phi) is 6.35. The van der Waals surface area contributed by atoms with Gasteiger partial charge in [-0.15, -0.1) is 0 Å². The molecule has 0 saturated carbocycles. The highest BCUT2D eigenvalue weighted by Gasteiger charge is 2.49. The van der Waals surface area contributed by atoms with Crippen molar-refractivity contribution in [3.8, 4) is 0 Å². The topological polar surface area (TPSA) is 74.8 Å². The molecule has 4 atom stereocenters. The molecule has 0 aromatic carbocycles. The molecule has 0 aromatic rings. The van der Waals surface area contributed by atoms with E-state index in [9.17, 15) is 19.2 Å².